The predicted octanol–water partition coefficient (Wildman–Crippen LogP) is 2.08. The first-order chi connectivity index (χ1) is 11.2. The number of carbonyl (C=O) groups excluding carboxylic acids is 1. The van der Waals surface area contributed by atoms with E-state index < -0.39 is 6.10 Å². The van der Waals surface area contributed by atoms with Crippen LogP contribution in [-0.2, 0) is 4.79 Å². The summed E-state index contributed by atoms with van der Waals surface area (Å²) in [4.78, 5) is 11.2. The Hall–Kier alpha value is -1.63. The monoisotopic (exact) mass is 353 g/mol. The topological polar surface area (TPSA) is 82.9 Å². The van der Waals surface area contributed by atoms with Crippen LogP contribution in [0, 0.1) is 0 Å². The molecule has 3 N–H and O–H groups in total. The molecule has 0 bridgehead atoms. The highest BCUT2D eigenvalue weighted by molar-refractivity contribution is 6.31. The minimum Gasteiger partial charge on any atom is -0.490 e. The van der Waals surface area contributed by atoms with Crippen molar-refractivity contribution in [1.82, 2.24) is 10.7 Å². The van der Waals surface area contributed by atoms with E-state index in [1.54, 1.807) is 12.1 Å². The Kier molecular flexibility index (Phi) is 6.21. The highest BCUT2D eigenvalue weighted by Crippen LogP contribution is 2.26. The van der Waals surface area contributed by atoms with Crippen LogP contribution in [0.2, 0.25) is 5.02 Å². The molecule has 7 heteroatoms. The van der Waals surface area contributed by atoms with Gasteiger partial charge in [0.15, 0.2) is 0 Å². The van der Waals surface area contributed by atoms with E-state index >= 15 is 0 Å². The molecule has 1 aliphatic rings. The van der Waals surface area contributed by atoms with Gasteiger partial charge in [-0.25, -0.2) is 5.43 Å². The molecule has 0 radical (unpaired) electrons. The summed E-state index contributed by atoms with van der Waals surface area (Å²) in [6.07, 6.45) is 0.279. The molecule has 1 atom stereocenters. The van der Waals surface area contributed by atoms with E-state index in [1.807, 2.05) is 26.8 Å². The molecule has 6 nitrogen and oxygen atoms in total. The number of β-amino-alcohol motifs (C(OH)–C–C–N with tert-alkyl or cyclic N) is 1. The molecule has 0 saturated carbocycles. The lowest BCUT2D eigenvalue weighted by molar-refractivity contribution is -0.121. The van der Waals surface area contributed by atoms with Crippen LogP contribution in [0.3, 0.4) is 0 Å². The smallest absolute Gasteiger partial charge is 0.240 e. The summed E-state index contributed by atoms with van der Waals surface area (Å²) in [5, 5.41) is 17.9. The van der Waals surface area contributed by atoms with Gasteiger partial charge in [-0.2, -0.15) is 5.10 Å². The Morgan fingerprint density at radius 1 is 1.42 bits per heavy atom. The molecule has 0 fully saturated rings. The molecule has 1 heterocycles. The van der Waals surface area contributed by atoms with Crippen molar-refractivity contribution < 1.29 is 14.6 Å². The summed E-state index contributed by atoms with van der Waals surface area (Å²) < 4.78 is 5.76. The second kappa shape index (κ2) is 7.96. The number of carbonyl (C=O) groups is 1. The van der Waals surface area contributed by atoms with E-state index in [9.17, 15) is 9.90 Å². The van der Waals surface area contributed by atoms with E-state index in [-0.39, 0.29) is 18.1 Å². The number of ether oxygens (including phenoxy) is 1. The third kappa shape index (κ3) is 5.78. The largest absolute Gasteiger partial charge is 0.490 e. The van der Waals surface area contributed by atoms with Gasteiger partial charge < -0.3 is 15.2 Å². The summed E-state index contributed by atoms with van der Waals surface area (Å²) in [6, 6.07) is 5.26. The maximum atomic E-state index is 11.2. The SMILES string of the molecule is CC(C)(C)NCC(O)COc1cc(Cl)ccc1C1=NNC(=O)CC1. The van der Waals surface area contributed by atoms with Crippen LogP contribution in [0.5, 0.6) is 5.75 Å². The number of aliphatic hydroxyl groups is 1. The van der Waals surface area contributed by atoms with Crippen LogP contribution < -0.4 is 15.5 Å². The highest BCUT2D eigenvalue weighted by Gasteiger charge is 2.18. The fraction of sp³-hybridized carbons (Fsp3) is 0.529. The number of benzene rings is 1. The van der Waals surface area contributed by atoms with Crippen LogP contribution in [0.15, 0.2) is 23.3 Å². The Bertz CT molecular complexity index is 626. The third-order valence-electron chi connectivity index (χ3n) is 3.46. The zero-order valence-corrected chi connectivity index (χ0v) is 15.0. The molecule has 1 aromatic carbocycles. The Balaban J connectivity index is 2.04. The van der Waals surface area contributed by atoms with Crippen LogP contribution in [0.25, 0.3) is 0 Å². The number of aliphatic hydroxyl groups excluding tert-OH is 1. The summed E-state index contributed by atoms with van der Waals surface area (Å²) in [6.45, 7) is 6.66. The van der Waals surface area contributed by atoms with Gasteiger partial charge in [0.25, 0.3) is 0 Å². The van der Waals surface area contributed by atoms with Crippen molar-refractivity contribution in [2.75, 3.05) is 13.2 Å². The van der Waals surface area contributed by atoms with E-state index in [0.29, 0.717) is 30.2 Å². The van der Waals surface area contributed by atoms with Gasteiger partial charge >= 0.3 is 0 Å². The lowest BCUT2D eigenvalue weighted by Crippen LogP contribution is -2.42. The molecule has 0 saturated heterocycles. The number of amides is 1. The van der Waals surface area contributed by atoms with Crippen LogP contribution in [0.4, 0.5) is 0 Å². The van der Waals surface area contributed by atoms with Crippen molar-refractivity contribution in [3.63, 3.8) is 0 Å². The number of rotatable bonds is 6. The zero-order chi connectivity index (χ0) is 17.7. The van der Waals surface area contributed by atoms with Gasteiger partial charge in [-0.3, -0.25) is 4.79 Å². The van der Waals surface area contributed by atoms with Gasteiger partial charge in [0.05, 0.1) is 5.71 Å². The van der Waals surface area contributed by atoms with E-state index in [4.69, 9.17) is 16.3 Å². The molecule has 1 aromatic rings. The molecule has 1 aliphatic heterocycles. The molecule has 1 amide bonds. The van der Waals surface area contributed by atoms with E-state index in [1.165, 1.54) is 0 Å². The Morgan fingerprint density at radius 2 is 2.17 bits per heavy atom. The number of hydrazone groups is 1. The molecule has 1 unspecified atom stereocenters. The maximum absolute atomic E-state index is 11.2. The van der Waals surface area contributed by atoms with Gasteiger partial charge in [0.1, 0.15) is 18.5 Å². The van der Waals surface area contributed by atoms with E-state index in [0.717, 1.165) is 11.3 Å². The van der Waals surface area contributed by atoms with Crippen molar-refractivity contribution in [3.05, 3.63) is 28.8 Å². The fourth-order valence-corrected chi connectivity index (χ4v) is 2.35. The maximum Gasteiger partial charge on any atom is 0.240 e. The molecule has 24 heavy (non-hydrogen) atoms. The van der Waals surface area contributed by atoms with Crippen molar-refractivity contribution >= 4 is 23.2 Å². The minimum absolute atomic E-state index is 0.0722. The molecule has 0 aliphatic carbocycles. The van der Waals surface area contributed by atoms with Gasteiger partial charge in [-0.05, 0) is 39.0 Å². The van der Waals surface area contributed by atoms with Crippen molar-refractivity contribution in [2.24, 2.45) is 5.10 Å². The molecule has 2 rings (SSSR count). The standard InChI is InChI=1S/C17H24ClN3O3/c1-17(2,3)19-9-12(22)10-24-15-8-11(18)4-5-13(15)14-6-7-16(23)21-20-14/h4-5,8,12,19,22H,6-7,9-10H2,1-3H3,(H,21,23). The fourth-order valence-electron chi connectivity index (χ4n) is 2.19. The molecular weight excluding hydrogens is 330 g/mol. The van der Waals surface area contributed by atoms with Crippen LogP contribution >= 0.6 is 11.6 Å². The van der Waals surface area contributed by atoms with Crippen LogP contribution in [-0.4, -0.2) is 41.5 Å². The number of nitrogens with zero attached hydrogens (tertiary/aromatic N) is 1. The van der Waals surface area contributed by atoms with Gasteiger partial charge in [-0.15, -0.1) is 0 Å². The number of nitrogens with one attached hydrogen (secondary N) is 2. The van der Waals surface area contributed by atoms with Gasteiger partial charge in [0, 0.05) is 35.5 Å². The normalized spacial score (nSPS) is 16.4. The molecule has 0 spiro atoms. The third-order valence-corrected chi connectivity index (χ3v) is 3.69. The Morgan fingerprint density at radius 3 is 2.79 bits per heavy atom. The van der Waals surface area contributed by atoms with E-state index in [2.05, 4.69) is 15.8 Å². The molecule has 132 valence electrons. The summed E-state index contributed by atoms with van der Waals surface area (Å²) in [5.41, 5.74) is 3.92. The molecule has 0 aromatic heterocycles. The number of hydrogen-bond acceptors (Lipinski definition) is 5. The highest BCUT2D eigenvalue weighted by atomic mass is 35.5. The van der Waals surface area contributed by atoms with Gasteiger partial charge in [0.2, 0.25) is 5.91 Å². The quantitative estimate of drug-likeness (QED) is 0.731. The second-order valence-electron chi connectivity index (χ2n) is 6.83. The molecular formula is C17H24ClN3O3. The average molecular weight is 354 g/mol. The zero-order valence-electron chi connectivity index (χ0n) is 14.2. The van der Waals surface area contributed by atoms with Crippen molar-refractivity contribution in [3.8, 4) is 5.75 Å². The summed E-state index contributed by atoms with van der Waals surface area (Å²) in [5.74, 6) is 0.450. The first-order valence-corrected chi connectivity index (χ1v) is 8.33. The van der Waals surface area contributed by atoms with Crippen molar-refractivity contribution in [2.45, 2.75) is 45.3 Å². The average Bonchev–Trinajstić information content (AvgIpc) is 2.51. The lowest BCUT2D eigenvalue weighted by Gasteiger charge is -2.23. The van der Waals surface area contributed by atoms with Crippen molar-refractivity contribution in [1.29, 1.82) is 0 Å². The number of halogens is 1. The summed E-state index contributed by atoms with van der Waals surface area (Å²) >= 11 is 6.05. The minimum atomic E-state index is -0.649. The lowest BCUT2D eigenvalue weighted by atomic mass is 10.0. The number of hydrogen-bond donors (Lipinski definition) is 3. The first kappa shape index (κ1) is 18.7. The summed E-state index contributed by atoms with van der Waals surface area (Å²) in [7, 11) is 0. The predicted molar refractivity (Wildman–Crippen MR) is 94.6 cm³/mol. The Labute approximate surface area is 147 Å². The second-order valence-corrected chi connectivity index (χ2v) is 7.27. The van der Waals surface area contributed by atoms with Gasteiger partial charge in [-0.1, -0.05) is 11.6 Å². The first-order valence-electron chi connectivity index (χ1n) is 7.96. The van der Waals surface area contributed by atoms with Crippen LogP contribution in [0.1, 0.15) is 39.2 Å².